The fourth-order valence-electron chi connectivity index (χ4n) is 2.21. The highest BCUT2D eigenvalue weighted by molar-refractivity contribution is 9.10. The minimum Gasteiger partial charge on any atom is -0.391 e. The standard InChI is InChI=1S/C14H18BrNO2/c1-9-3-4-12(15)11(7-9)14(18)16-6-5-10(2)13(17)8-16/h3-4,7,10,13,17H,5-6,8H2,1-2H3. The Hall–Kier alpha value is -0.870. The molecule has 0 aliphatic carbocycles. The summed E-state index contributed by atoms with van der Waals surface area (Å²) in [4.78, 5) is 14.2. The largest absolute Gasteiger partial charge is 0.391 e. The van der Waals surface area contributed by atoms with Crippen LogP contribution in [0.4, 0.5) is 0 Å². The highest BCUT2D eigenvalue weighted by Crippen LogP contribution is 2.23. The van der Waals surface area contributed by atoms with Crippen LogP contribution in [0.3, 0.4) is 0 Å². The van der Waals surface area contributed by atoms with E-state index in [4.69, 9.17) is 0 Å². The molecule has 1 amide bonds. The van der Waals surface area contributed by atoms with Crippen LogP contribution < -0.4 is 0 Å². The molecule has 4 heteroatoms. The number of benzene rings is 1. The lowest BCUT2D eigenvalue weighted by Crippen LogP contribution is -2.45. The predicted molar refractivity (Wildman–Crippen MR) is 74.6 cm³/mol. The summed E-state index contributed by atoms with van der Waals surface area (Å²) in [5, 5.41) is 9.86. The van der Waals surface area contributed by atoms with Gasteiger partial charge in [-0.2, -0.15) is 0 Å². The highest BCUT2D eigenvalue weighted by atomic mass is 79.9. The average molecular weight is 312 g/mol. The lowest BCUT2D eigenvalue weighted by Gasteiger charge is -2.34. The van der Waals surface area contributed by atoms with Crippen LogP contribution in [0.15, 0.2) is 22.7 Å². The molecule has 2 rings (SSSR count). The van der Waals surface area contributed by atoms with E-state index >= 15 is 0 Å². The molecule has 0 radical (unpaired) electrons. The monoisotopic (exact) mass is 311 g/mol. The maximum atomic E-state index is 12.4. The molecule has 0 bridgehead atoms. The van der Waals surface area contributed by atoms with Crippen LogP contribution in [0.1, 0.15) is 29.3 Å². The zero-order valence-electron chi connectivity index (χ0n) is 10.7. The number of β-amino-alcohol motifs (C(OH)–C–C–N with tert-alkyl or cyclic N) is 1. The van der Waals surface area contributed by atoms with Gasteiger partial charge in [-0.1, -0.05) is 18.6 Å². The zero-order chi connectivity index (χ0) is 13.3. The number of hydrogen-bond acceptors (Lipinski definition) is 2. The van der Waals surface area contributed by atoms with E-state index in [-0.39, 0.29) is 11.8 Å². The fourth-order valence-corrected chi connectivity index (χ4v) is 2.62. The Balaban J connectivity index is 2.19. The van der Waals surface area contributed by atoms with Crippen LogP contribution in [0.25, 0.3) is 0 Å². The smallest absolute Gasteiger partial charge is 0.255 e. The van der Waals surface area contributed by atoms with Crippen LogP contribution in [0, 0.1) is 12.8 Å². The van der Waals surface area contributed by atoms with E-state index in [1.165, 1.54) is 0 Å². The van der Waals surface area contributed by atoms with Gasteiger partial charge in [-0.25, -0.2) is 0 Å². The Morgan fingerprint density at radius 1 is 1.50 bits per heavy atom. The molecule has 2 unspecified atom stereocenters. The van der Waals surface area contributed by atoms with Crippen molar-refractivity contribution < 1.29 is 9.90 Å². The van der Waals surface area contributed by atoms with Crippen molar-refractivity contribution in [1.82, 2.24) is 4.90 Å². The average Bonchev–Trinajstić information content (AvgIpc) is 2.35. The number of amides is 1. The topological polar surface area (TPSA) is 40.5 Å². The number of nitrogens with zero attached hydrogens (tertiary/aromatic N) is 1. The molecule has 0 saturated carbocycles. The second-order valence-electron chi connectivity index (χ2n) is 5.07. The van der Waals surface area contributed by atoms with Crippen molar-refractivity contribution in [2.45, 2.75) is 26.4 Å². The summed E-state index contributed by atoms with van der Waals surface area (Å²) in [6, 6.07) is 5.75. The first kappa shape index (κ1) is 13.6. The molecule has 1 heterocycles. The van der Waals surface area contributed by atoms with Gasteiger partial charge in [-0.05, 0) is 47.3 Å². The van der Waals surface area contributed by atoms with Crippen LogP contribution >= 0.6 is 15.9 Å². The van der Waals surface area contributed by atoms with Gasteiger partial charge < -0.3 is 10.0 Å². The molecule has 1 saturated heterocycles. The number of aliphatic hydroxyl groups is 1. The summed E-state index contributed by atoms with van der Waals surface area (Å²) in [5.41, 5.74) is 1.74. The van der Waals surface area contributed by atoms with Gasteiger partial charge in [-0.3, -0.25) is 4.79 Å². The molecule has 1 aromatic carbocycles. The van der Waals surface area contributed by atoms with Gasteiger partial charge in [0.2, 0.25) is 0 Å². The molecule has 1 aliphatic heterocycles. The number of halogens is 1. The van der Waals surface area contributed by atoms with Crippen molar-refractivity contribution in [2.24, 2.45) is 5.92 Å². The van der Waals surface area contributed by atoms with Gasteiger partial charge in [0.05, 0.1) is 11.7 Å². The first-order chi connectivity index (χ1) is 8.49. The number of hydrogen-bond donors (Lipinski definition) is 1. The van der Waals surface area contributed by atoms with E-state index in [1.54, 1.807) is 4.90 Å². The Bertz CT molecular complexity index is 461. The first-order valence-corrected chi connectivity index (χ1v) is 7.02. The Morgan fingerprint density at radius 2 is 2.22 bits per heavy atom. The minimum atomic E-state index is -0.411. The normalized spacial score (nSPS) is 24.1. The van der Waals surface area contributed by atoms with Crippen LogP contribution in [-0.2, 0) is 0 Å². The number of rotatable bonds is 1. The molecule has 0 spiro atoms. The number of carbonyl (C=O) groups excluding carboxylic acids is 1. The molecule has 1 aromatic rings. The van der Waals surface area contributed by atoms with Crippen LogP contribution in [0.5, 0.6) is 0 Å². The van der Waals surface area contributed by atoms with Gasteiger partial charge in [0.15, 0.2) is 0 Å². The van der Waals surface area contributed by atoms with Gasteiger partial charge in [0, 0.05) is 17.6 Å². The van der Waals surface area contributed by atoms with Gasteiger partial charge in [-0.15, -0.1) is 0 Å². The second-order valence-corrected chi connectivity index (χ2v) is 5.92. The van der Waals surface area contributed by atoms with Gasteiger partial charge in [0.25, 0.3) is 5.91 Å². The van der Waals surface area contributed by atoms with Crippen molar-refractivity contribution in [3.63, 3.8) is 0 Å². The summed E-state index contributed by atoms with van der Waals surface area (Å²) in [6.07, 6.45) is 0.447. The third kappa shape index (κ3) is 2.75. The minimum absolute atomic E-state index is 0.00322. The van der Waals surface area contributed by atoms with E-state index in [2.05, 4.69) is 15.9 Å². The Morgan fingerprint density at radius 3 is 2.89 bits per heavy atom. The maximum absolute atomic E-state index is 12.4. The quantitative estimate of drug-likeness (QED) is 0.866. The zero-order valence-corrected chi connectivity index (χ0v) is 12.3. The van der Waals surface area contributed by atoms with Crippen molar-refractivity contribution in [3.8, 4) is 0 Å². The van der Waals surface area contributed by atoms with Crippen molar-refractivity contribution >= 4 is 21.8 Å². The van der Waals surface area contributed by atoms with Crippen molar-refractivity contribution in [3.05, 3.63) is 33.8 Å². The second kappa shape index (κ2) is 5.41. The number of aliphatic hydroxyl groups excluding tert-OH is 1. The summed E-state index contributed by atoms with van der Waals surface area (Å²) in [6.45, 7) is 5.14. The Labute approximate surface area is 116 Å². The molecule has 2 atom stereocenters. The molecule has 0 aromatic heterocycles. The molecule has 18 heavy (non-hydrogen) atoms. The SMILES string of the molecule is Cc1ccc(Br)c(C(=O)N2CCC(C)C(O)C2)c1. The van der Waals surface area contributed by atoms with E-state index in [1.807, 2.05) is 32.0 Å². The highest BCUT2D eigenvalue weighted by Gasteiger charge is 2.28. The van der Waals surface area contributed by atoms with E-state index in [9.17, 15) is 9.90 Å². The number of piperidine rings is 1. The lowest BCUT2D eigenvalue weighted by molar-refractivity contribution is 0.0248. The number of likely N-dealkylation sites (tertiary alicyclic amines) is 1. The third-order valence-corrected chi connectivity index (χ3v) is 4.25. The number of carbonyl (C=O) groups is 1. The summed E-state index contributed by atoms with van der Waals surface area (Å²) in [5.74, 6) is 0.270. The summed E-state index contributed by atoms with van der Waals surface area (Å²) in [7, 11) is 0. The fraction of sp³-hybridized carbons (Fsp3) is 0.500. The van der Waals surface area contributed by atoms with E-state index < -0.39 is 6.10 Å². The molecule has 98 valence electrons. The third-order valence-electron chi connectivity index (χ3n) is 3.56. The van der Waals surface area contributed by atoms with E-state index in [0.717, 1.165) is 23.0 Å². The lowest BCUT2D eigenvalue weighted by atomic mass is 9.95. The van der Waals surface area contributed by atoms with Crippen LogP contribution in [0.2, 0.25) is 0 Å². The molecule has 1 fully saturated rings. The van der Waals surface area contributed by atoms with Crippen LogP contribution in [-0.4, -0.2) is 35.1 Å². The molecular weight excluding hydrogens is 294 g/mol. The molecule has 1 N–H and O–H groups in total. The Kier molecular flexibility index (Phi) is 4.07. The summed E-state index contributed by atoms with van der Waals surface area (Å²) < 4.78 is 0.811. The molecular formula is C14H18BrNO2. The van der Waals surface area contributed by atoms with Crippen molar-refractivity contribution in [2.75, 3.05) is 13.1 Å². The predicted octanol–water partition coefficient (Wildman–Crippen LogP) is 2.60. The van der Waals surface area contributed by atoms with Crippen molar-refractivity contribution in [1.29, 1.82) is 0 Å². The van der Waals surface area contributed by atoms with Gasteiger partial charge in [0.1, 0.15) is 0 Å². The molecule has 3 nitrogen and oxygen atoms in total. The first-order valence-electron chi connectivity index (χ1n) is 6.22. The number of aryl methyl sites for hydroxylation is 1. The molecule has 1 aliphatic rings. The maximum Gasteiger partial charge on any atom is 0.255 e. The van der Waals surface area contributed by atoms with Gasteiger partial charge >= 0.3 is 0 Å². The van der Waals surface area contributed by atoms with E-state index in [0.29, 0.717) is 12.1 Å². The summed E-state index contributed by atoms with van der Waals surface area (Å²) >= 11 is 3.41.